The number of anilines is 1. The van der Waals surface area contributed by atoms with E-state index in [0.717, 1.165) is 36.5 Å². The van der Waals surface area contributed by atoms with E-state index in [1.807, 2.05) is 38.1 Å². The second-order valence-corrected chi connectivity index (χ2v) is 6.36. The highest BCUT2D eigenvalue weighted by Gasteiger charge is 2.26. The minimum Gasteiger partial charge on any atom is -0.493 e. The molecule has 6 nitrogen and oxygen atoms in total. The van der Waals surface area contributed by atoms with Crippen LogP contribution in [0.1, 0.15) is 28.2 Å². The lowest BCUT2D eigenvalue weighted by Crippen LogP contribution is -2.25. The maximum absolute atomic E-state index is 11.7. The molecule has 132 valence electrons. The highest BCUT2D eigenvalue weighted by atomic mass is 16.5. The number of methoxy groups -OCH3 is 1. The van der Waals surface area contributed by atoms with E-state index in [9.17, 15) is 4.79 Å². The van der Waals surface area contributed by atoms with Gasteiger partial charge in [0.25, 0.3) is 0 Å². The van der Waals surface area contributed by atoms with Crippen LogP contribution >= 0.6 is 0 Å². The molecule has 0 bridgehead atoms. The lowest BCUT2D eigenvalue weighted by Gasteiger charge is -2.18. The molecule has 0 N–H and O–H groups in total. The van der Waals surface area contributed by atoms with Crippen molar-refractivity contribution < 1.29 is 14.3 Å². The van der Waals surface area contributed by atoms with Gasteiger partial charge < -0.3 is 14.4 Å². The van der Waals surface area contributed by atoms with Gasteiger partial charge in [-0.05, 0) is 38.0 Å². The SMILES string of the molecule is COC(=O)c1cc(C)nc(N2CCC(COc3ccccc3C)C2)n1. The molecule has 0 spiro atoms. The zero-order valence-corrected chi connectivity index (χ0v) is 14.9. The largest absolute Gasteiger partial charge is 0.493 e. The van der Waals surface area contributed by atoms with Gasteiger partial charge in [-0.3, -0.25) is 0 Å². The second-order valence-electron chi connectivity index (χ2n) is 6.36. The molecule has 1 fully saturated rings. The Bertz CT molecular complexity index is 763. The molecular formula is C19H23N3O3. The zero-order valence-electron chi connectivity index (χ0n) is 14.9. The summed E-state index contributed by atoms with van der Waals surface area (Å²) in [6, 6.07) is 9.68. The zero-order chi connectivity index (χ0) is 17.8. The predicted molar refractivity (Wildman–Crippen MR) is 95.1 cm³/mol. The molecule has 1 aromatic carbocycles. The van der Waals surface area contributed by atoms with Crippen molar-refractivity contribution in [3.63, 3.8) is 0 Å². The second kappa shape index (κ2) is 7.51. The minimum atomic E-state index is -0.439. The number of esters is 1. The van der Waals surface area contributed by atoms with Gasteiger partial charge in [0.2, 0.25) is 5.95 Å². The molecule has 0 aliphatic carbocycles. The van der Waals surface area contributed by atoms with Crippen molar-refractivity contribution in [1.82, 2.24) is 9.97 Å². The molecule has 1 saturated heterocycles. The third kappa shape index (κ3) is 4.07. The first-order chi connectivity index (χ1) is 12.1. The van der Waals surface area contributed by atoms with Crippen LogP contribution in [0.25, 0.3) is 0 Å². The Labute approximate surface area is 147 Å². The lowest BCUT2D eigenvalue weighted by molar-refractivity contribution is 0.0593. The summed E-state index contributed by atoms with van der Waals surface area (Å²) in [6.07, 6.45) is 1.01. The molecule has 6 heteroatoms. The average molecular weight is 341 g/mol. The maximum Gasteiger partial charge on any atom is 0.356 e. The van der Waals surface area contributed by atoms with Crippen LogP contribution in [0.5, 0.6) is 5.75 Å². The highest BCUT2D eigenvalue weighted by Crippen LogP contribution is 2.24. The van der Waals surface area contributed by atoms with Gasteiger partial charge in [-0.25, -0.2) is 14.8 Å². The molecule has 1 aliphatic rings. The number of aryl methyl sites for hydroxylation is 2. The summed E-state index contributed by atoms with van der Waals surface area (Å²) in [5, 5.41) is 0. The summed E-state index contributed by atoms with van der Waals surface area (Å²) in [4.78, 5) is 22.7. The van der Waals surface area contributed by atoms with Gasteiger partial charge in [0.1, 0.15) is 5.75 Å². The number of hydrogen-bond donors (Lipinski definition) is 0. The molecule has 1 unspecified atom stereocenters. The van der Waals surface area contributed by atoms with E-state index in [0.29, 0.717) is 24.2 Å². The molecule has 2 aromatic rings. The van der Waals surface area contributed by atoms with Gasteiger partial charge in [-0.2, -0.15) is 0 Å². The summed E-state index contributed by atoms with van der Waals surface area (Å²) >= 11 is 0. The molecule has 1 aliphatic heterocycles. The molecule has 3 rings (SSSR count). The summed E-state index contributed by atoms with van der Waals surface area (Å²) < 4.78 is 10.7. The van der Waals surface area contributed by atoms with Gasteiger partial charge in [0.15, 0.2) is 5.69 Å². The van der Waals surface area contributed by atoms with E-state index in [4.69, 9.17) is 9.47 Å². The number of carbonyl (C=O) groups excluding carboxylic acids is 1. The number of benzene rings is 1. The number of nitrogens with zero attached hydrogens (tertiary/aromatic N) is 3. The maximum atomic E-state index is 11.7. The molecule has 0 radical (unpaired) electrons. The average Bonchev–Trinajstić information content (AvgIpc) is 3.09. The normalized spacial score (nSPS) is 16.8. The molecule has 0 saturated carbocycles. The molecule has 2 heterocycles. The Kier molecular flexibility index (Phi) is 5.16. The van der Waals surface area contributed by atoms with Crippen LogP contribution < -0.4 is 9.64 Å². The number of hydrogen-bond acceptors (Lipinski definition) is 6. The van der Waals surface area contributed by atoms with Crippen LogP contribution in [-0.4, -0.2) is 42.7 Å². The van der Waals surface area contributed by atoms with Crippen molar-refractivity contribution in [2.24, 2.45) is 5.92 Å². The molecular weight excluding hydrogens is 318 g/mol. The first-order valence-electron chi connectivity index (χ1n) is 8.44. The van der Waals surface area contributed by atoms with Crippen molar-refractivity contribution in [2.75, 3.05) is 31.7 Å². The third-order valence-corrected chi connectivity index (χ3v) is 4.37. The van der Waals surface area contributed by atoms with Gasteiger partial charge in [-0.1, -0.05) is 18.2 Å². The minimum absolute atomic E-state index is 0.296. The van der Waals surface area contributed by atoms with Crippen molar-refractivity contribution in [1.29, 1.82) is 0 Å². The number of aromatic nitrogens is 2. The van der Waals surface area contributed by atoms with Crippen molar-refractivity contribution in [3.8, 4) is 5.75 Å². The van der Waals surface area contributed by atoms with Crippen molar-refractivity contribution in [2.45, 2.75) is 20.3 Å². The van der Waals surface area contributed by atoms with Crippen LogP contribution in [-0.2, 0) is 4.74 Å². The van der Waals surface area contributed by atoms with E-state index in [-0.39, 0.29) is 0 Å². The Balaban J connectivity index is 1.64. The van der Waals surface area contributed by atoms with E-state index in [1.165, 1.54) is 7.11 Å². The fraction of sp³-hybridized carbons (Fsp3) is 0.421. The number of para-hydroxylation sites is 1. The van der Waals surface area contributed by atoms with Gasteiger partial charge in [0.05, 0.1) is 13.7 Å². The van der Waals surface area contributed by atoms with Crippen LogP contribution in [0.3, 0.4) is 0 Å². The summed E-state index contributed by atoms with van der Waals surface area (Å²) in [5.74, 6) is 1.48. The fourth-order valence-corrected chi connectivity index (χ4v) is 2.98. The van der Waals surface area contributed by atoms with Crippen LogP contribution in [0, 0.1) is 19.8 Å². The quantitative estimate of drug-likeness (QED) is 0.779. The van der Waals surface area contributed by atoms with E-state index in [2.05, 4.69) is 14.9 Å². The van der Waals surface area contributed by atoms with Crippen molar-refractivity contribution >= 4 is 11.9 Å². The Morgan fingerprint density at radius 1 is 1.28 bits per heavy atom. The third-order valence-electron chi connectivity index (χ3n) is 4.37. The molecule has 1 atom stereocenters. The first-order valence-corrected chi connectivity index (χ1v) is 8.44. The molecule has 25 heavy (non-hydrogen) atoms. The van der Waals surface area contributed by atoms with E-state index >= 15 is 0 Å². The summed E-state index contributed by atoms with van der Waals surface area (Å²) in [6.45, 7) is 6.23. The summed E-state index contributed by atoms with van der Waals surface area (Å²) in [7, 11) is 1.36. The van der Waals surface area contributed by atoms with E-state index < -0.39 is 5.97 Å². The molecule has 1 aromatic heterocycles. The number of carbonyl (C=O) groups is 1. The van der Waals surface area contributed by atoms with Crippen molar-refractivity contribution in [3.05, 3.63) is 47.3 Å². The Morgan fingerprint density at radius 3 is 2.84 bits per heavy atom. The van der Waals surface area contributed by atoms with Gasteiger partial charge in [-0.15, -0.1) is 0 Å². The highest BCUT2D eigenvalue weighted by molar-refractivity contribution is 5.87. The van der Waals surface area contributed by atoms with Crippen LogP contribution in [0.15, 0.2) is 30.3 Å². The topological polar surface area (TPSA) is 64.5 Å². The monoisotopic (exact) mass is 341 g/mol. The predicted octanol–water partition coefficient (Wildman–Crippen LogP) is 2.79. The smallest absolute Gasteiger partial charge is 0.356 e. The Hall–Kier alpha value is -2.63. The van der Waals surface area contributed by atoms with E-state index in [1.54, 1.807) is 6.07 Å². The lowest BCUT2D eigenvalue weighted by atomic mass is 10.1. The summed E-state index contributed by atoms with van der Waals surface area (Å²) in [5.41, 5.74) is 2.19. The van der Waals surface area contributed by atoms with Crippen LogP contribution in [0.2, 0.25) is 0 Å². The fourth-order valence-electron chi connectivity index (χ4n) is 2.98. The molecule has 0 amide bonds. The van der Waals surface area contributed by atoms with Gasteiger partial charge >= 0.3 is 5.97 Å². The number of ether oxygens (including phenoxy) is 2. The Morgan fingerprint density at radius 2 is 2.08 bits per heavy atom. The van der Waals surface area contributed by atoms with Crippen LogP contribution in [0.4, 0.5) is 5.95 Å². The first kappa shape index (κ1) is 17.2. The van der Waals surface area contributed by atoms with Gasteiger partial charge in [0, 0.05) is 24.7 Å². The number of rotatable bonds is 5. The standard InChI is InChI=1S/C19H23N3O3/c1-13-6-4-5-7-17(13)25-12-15-8-9-22(11-15)19-20-14(2)10-16(21-19)18(23)24-3/h4-7,10,15H,8-9,11-12H2,1-3H3.